The molecule has 4 rings (SSSR count). The number of hydrogen-bond donors (Lipinski definition) is 1. The van der Waals surface area contributed by atoms with Crippen molar-refractivity contribution in [2.45, 2.75) is 24.9 Å². The summed E-state index contributed by atoms with van der Waals surface area (Å²) in [6.45, 7) is 0. The molecule has 0 radical (unpaired) electrons. The first-order valence-corrected chi connectivity index (χ1v) is 7.53. The van der Waals surface area contributed by atoms with Gasteiger partial charge in [-0.2, -0.15) is 4.98 Å². The fraction of sp³-hybridized carbons (Fsp3) is 0.438. The highest BCUT2D eigenvalue weighted by atomic mass is 16.5. The van der Waals surface area contributed by atoms with Crippen LogP contribution in [0.4, 0.5) is 0 Å². The Hall–Kier alpha value is -2.21. The van der Waals surface area contributed by atoms with Gasteiger partial charge in [0.15, 0.2) is 0 Å². The number of aromatic nitrogens is 2. The van der Waals surface area contributed by atoms with Gasteiger partial charge in [-0.1, -0.05) is 17.3 Å². The Labute approximate surface area is 128 Å². The highest BCUT2D eigenvalue weighted by Crippen LogP contribution is 2.45. The largest absolute Gasteiger partial charge is 0.345 e. The first-order chi connectivity index (χ1) is 10.6. The van der Waals surface area contributed by atoms with Crippen molar-refractivity contribution in [2.24, 2.45) is 5.92 Å². The number of fused-ring (bicyclic) bond motifs is 1. The number of benzene rings is 1. The van der Waals surface area contributed by atoms with Gasteiger partial charge in [0.05, 0.1) is 6.04 Å². The molecule has 1 aliphatic carbocycles. The third-order valence-corrected chi connectivity index (χ3v) is 4.41. The lowest BCUT2D eigenvalue weighted by atomic mass is 10.1. The lowest BCUT2D eigenvalue weighted by molar-refractivity contribution is 0.0827. The Balaban J connectivity index is 1.52. The van der Waals surface area contributed by atoms with Crippen molar-refractivity contribution in [3.05, 3.63) is 35.7 Å². The lowest BCUT2D eigenvalue weighted by Gasteiger charge is -2.09. The summed E-state index contributed by atoms with van der Waals surface area (Å²) in [5.41, 5.74) is 1.50. The SMILES string of the molecule is CN(C)C(=O)c1ccc(-c2noc([C@@H]3C[C@H]4C[C@H]4N3)n2)cc1. The molecule has 114 valence electrons. The van der Waals surface area contributed by atoms with E-state index < -0.39 is 0 Å². The molecule has 3 atom stereocenters. The third kappa shape index (κ3) is 2.29. The van der Waals surface area contributed by atoms with Gasteiger partial charge >= 0.3 is 0 Å². The quantitative estimate of drug-likeness (QED) is 0.936. The maximum Gasteiger partial charge on any atom is 0.253 e. The molecule has 0 bridgehead atoms. The van der Waals surface area contributed by atoms with E-state index in [1.165, 1.54) is 6.42 Å². The second kappa shape index (κ2) is 4.91. The summed E-state index contributed by atoms with van der Waals surface area (Å²) >= 11 is 0. The summed E-state index contributed by atoms with van der Waals surface area (Å²) < 4.78 is 5.39. The summed E-state index contributed by atoms with van der Waals surface area (Å²) in [7, 11) is 3.47. The van der Waals surface area contributed by atoms with Crippen molar-refractivity contribution in [1.82, 2.24) is 20.4 Å². The van der Waals surface area contributed by atoms with E-state index in [0.717, 1.165) is 17.9 Å². The molecular weight excluding hydrogens is 280 g/mol. The summed E-state index contributed by atoms with van der Waals surface area (Å²) in [6, 6.07) is 8.12. The standard InChI is InChI=1S/C16H18N4O2/c1-20(2)16(21)10-5-3-9(4-6-10)14-18-15(22-19-14)13-8-11-7-12(11)17-13/h3-6,11-13,17H,7-8H2,1-2H3/t11-,12-,13+/m1/s1. The Kier molecular flexibility index (Phi) is 3.00. The number of nitrogens with zero attached hydrogens (tertiary/aromatic N) is 3. The molecule has 1 N–H and O–H groups in total. The molecule has 2 aromatic rings. The number of hydrogen-bond acceptors (Lipinski definition) is 5. The molecule has 1 aromatic carbocycles. The van der Waals surface area contributed by atoms with Crippen molar-refractivity contribution in [3.8, 4) is 11.4 Å². The van der Waals surface area contributed by atoms with Crippen LogP contribution in [0.15, 0.2) is 28.8 Å². The molecule has 22 heavy (non-hydrogen) atoms. The van der Waals surface area contributed by atoms with Gasteiger partial charge in [0.2, 0.25) is 11.7 Å². The summed E-state index contributed by atoms with van der Waals surface area (Å²) in [6.07, 6.45) is 2.36. The molecule has 6 nitrogen and oxygen atoms in total. The van der Waals surface area contributed by atoms with Crippen molar-refractivity contribution in [3.63, 3.8) is 0 Å². The number of rotatable bonds is 3. The van der Waals surface area contributed by atoms with E-state index in [2.05, 4.69) is 15.5 Å². The normalized spacial score (nSPS) is 25.8. The van der Waals surface area contributed by atoms with Crippen molar-refractivity contribution in [2.75, 3.05) is 14.1 Å². The monoisotopic (exact) mass is 298 g/mol. The molecule has 1 aromatic heterocycles. The lowest BCUT2D eigenvalue weighted by Crippen LogP contribution is -2.21. The highest BCUT2D eigenvalue weighted by Gasteiger charge is 2.47. The van der Waals surface area contributed by atoms with Gasteiger partial charge in [0.25, 0.3) is 5.91 Å². The summed E-state index contributed by atoms with van der Waals surface area (Å²) in [5, 5.41) is 7.56. The average molecular weight is 298 g/mol. The molecule has 2 fully saturated rings. The Morgan fingerprint density at radius 2 is 2.05 bits per heavy atom. The molecule has 0 spiro atoms. The molecule has 6 heteroatoms. The minimum absolute atomic E-state index is 0.0188. The fourth-order valence-corrected chi connectivity index (χ4v) is 3.03. The third-order valence-electron chi connectivity index (χ3n) is 4.41. The second-order valence-corrected chi connectivity index (χ2v) is 6.29. The van der Waals surface area contributed by atoms with Gasteiger partial charge < -0.3 is 14.7 Å². The molecule has 2 heterocycles. The molecule has 1 aliphatic heterocycles. The van der Waals surface area contributed by atoms with Crippen LogP contribution >= 0.6 is 0 Å². The molecule has 1 amide bonds. The molecule has 1 saturated heterocycles. The number of carbonyl (C=O) groups is 1. The van der Waals surface area contributed by atoms with Crippen LogP contribution < -0.4 is 5.32 Å². The van der Waals surface area contributed by atoms with Crippen LogP contribution in [-0.4, -0.2) is 41.1 Å². The topological polar surface area (TPSA) is 71.3 Å². The van der Waals surface area contributed by atoms with Gasteiger partial charge in [-0.05, 0) is 30.9 Å². The number of nitrogens with one attached hydrogen (secondary N) is 1. The van der Waals surface area contributed by atoms with Crippen molar-refractivity contribution >= 4 is 5.91 Å². The van der Waals surface area contributed by atoms with Gasteiger partial charge in [-0.3, -0.25) is 4.79 Å². The van der Waals surface area contributed by atoms with E-state index in [4.69, 9.17) is 4.52 Å². The van der Waals surface area contributed by atoms with E-state index in [1.807, 2.05) is 12.1 Å². The maximum atomic E-state index is 11.9. The summed E-state index contributed by atoms with van der Waals surface area (Å²) in [5.74, 6) is 2.00. The van der Waals surface area contributed by atoms with Gasteiger partial charge in [0.1, 0.15) is 0 Å². The van der Waals surface area contributed by atoms with Crippen LogP contribution in [0.3, 0.4) is 0 Å². The Morgan fingerprint density at radius 3 is 2.68 bits per heavy atom. The number of piperidine rings is 1. The van der Waals surface area contributed by atoms with E-state index in [1.54, 1.807) is 31.1 Å². The maximum absolute atomic E-state index is 11.9. The summed E-state index contributed by atoms with van der Waals surface area (Å²) in [4.78, 5) is 17.9. The zero-order valence-electron chi connectivity index (χ0n) is 12.6. The molecule has 0 unspecified atom stereocenters. The van der Waals surface area contributed by atoms with Crippen LogP contribution in [0.5, 0.6) is 0 Å². The number of amides is 1. The first-order valence-electron chi connectivity index (χ1n) is 7.53. The van der Waals surface area contributed by atoms with Crippen molar-refractivity contribution < 1.29 is 9.32 Å². The van der Waals surface area contributed by atoms with Crippen molar-refractivity contribution in [1.29, 1.82) is 0 Å². The van der Waals surface area contributed by atoms with Crippen LogP contribution in [0.1, 0.15) is 35.1 Å². The second-order valence-electron chi connectivity index (χ2n) is 6.29. The number of carbonyl (C=O) groups excluding carboxylic acids is 1. The van der Waals surface area contributed by atoms with Crippen LogP contribution in [-0.2, 0) is 0 Å². The zero-order chi connectivity index (χ0) is 15.3. The van der Waals surface area contributed by atoms with E-state index >= 15 is 0 Å². The van der Waals surface area contributed by atoms with E-state index in [0.29, 0.717) is 23.3 Å². The van der Waals surface area contributed by atoms with E-state index in [9.17, 15) is 4.79 Å². The fourth-order valence-electron chi connectivity index (χ4n) is 3.03. The Bertz CT molecular complexity index is 697. The first kappa shape index (κ1) is 13.5. The zero-order valence-corrected chi connectivity index (χ0v) is 12.6. The van der Waals surface area contributed by atoms with Gasteiger partial charge in [-0.25, -0.2) is 0 Å². The minimum Gasteiger partial charge on any atom is -0.345 e. The highest BCUT2D eigenvalue weighted by molar-refractivity contribution is 5.94. The molecular formula is C16H18N4O2. The average Bonchev–Trinajstić information content (AvgIpc) is 2.94. The van der Waals surface area contributed by atoms with Crippen LogP contribution in [0.2, 0.25) is 0 Å². The van der Waals surface area contributed by atoms with Crippen LogP contribution in [0, 0.1) is 5.92 Å². The van der Waals surface area contributed by atoms with Gasteiger partial charge in [0, 0.05) is 31.3 Å². The minimum atomic E-state index is -0.0188. The predicted octanol–water partition coefficient (Wildman–Crippen LogP) is 1.86. The van der Waals surface area contributed by atoms with Crippen LogP contribution in [0.25, 0.3) is 11.4 Å². The smallest absolute Gasteiger partial charge is 0.253 e. The predicted molar refractivity (Wildman–Crippen MR) is 80.1 cm³/mol. The molecule has 1 saturated carbocycles. The van der Waals surface area contributed by atoms with E-state index in [-0.39, 0.29) is 11.9 Å². The van der Waals surface area contributed by atoms with Gasteiger partial charge in [-0.15, -0.1) is 0 Å². The molecule has 2 aliphatic rings. The Morgan fingerprint density at radius 1 is 1.27 bits per heavy atom.